The van der Waals surface area contributed by atoms with E-state index in [1.54, 1.807) is 31.4 Å². The Bertz CT molecular complexity index is 1290. The molecular weight excluding hydrogens is 448 g/mol. The minimum Gasteiger partial charge on any atom is -0.475 e. The smallest absolute Gasteiger partial charge is 0.290 e. The zero-order chi connectivity index (χ0) is 23.2. The second-order valence-corrected chi connectivity index (χ2v) is 7.87. The van der Waals surface area contributed by atoms with Gasteiger partial charge in [-0.3, -0.25) is 19.7 Å². The second-order valence-electron chi connectivity index (χ2n) is 6.85. The van der Waals surface area contributed by atoms with E-state index in [0.29, 0.717) is 42.0 Å². The van der Waals surface area contributed by atoms with Crippen LogP contribution in [0.1, 0.15) is 11.5 Å². The molecule has 4 rings (SSSR count). The maximum Gasteiger partial charge on any atom is 0.290 e. The monoisotopic (exact) mass is 468 g/mol. The highest BCUT2D eigenvalue weighted by atomic mass is 32.2. The number of benzene rings is 1. The molecule has 2 aromatic heterocycles. The Labute approximate surface area is 192 Å². The van der Waals surface area contributed by atoms with Gasteiger partial charge in [0.05, 0.1) is 28.1 Å². The summed E-state index contributed by atoms with van der Waals surface area (Å²) in [5.74, 6) is 0.586. The normalized spacial score (nSPS) is 14.6. The lowest BCUT2D eigenvalue weighted by atomic mass is 10.2. The number of rotatable bonds is 9. The highest BCUT2D eigenvalue weighted by Crippen LogP contribution is 2.26. The van der Waals surface area contributed by atoms with E-state index in [0.717, 1.165) is 11.8 Å². The van der Waals surface area contributed by atoms with Crippen LogP contribution >= 0.6 is 11.8 Å². The number of methoxy groups -OCH3 is 1. The summed E-state index contributed by atoms with van der Waals surface area (Å²) in [4.78, 5) is 51.7. The lowest BCUT2D eigenvalue weighted by molar-refractivity contribution is -0.115. The van der Waals surface area contributed by atoms with E-state index >= 15 is 0 Å². The Kier molecular flexibility index (Phi) is 6.95. The zero-order valence-electron chi connectivity index (χ0n) is 17.6. The Morgan fingerprint density at radius 3 is 2.76 bits per heavy atom. The summed E-state index contributed by atoms with van der Waals surface area (Å²) in [6.07, 6.45) is 1.91. The van der Waals surface area contributed by atoms with Gasteiger partial charge in [0.15, 0.2) is 0 Å². The number of para-hydroxylation sites is 1. The number of carbonyl (C=O) groups is 2. The quantitative estimate of drug-likeness (QED) is 0.313. The highest BCUT2D eigenvalue weighted by molar-refractivity contribution is 8.18. The van der Waals surface area contributed by atoms with Crippen LogP contribution in [0.25, 0.3) is 17.0 Å². The number of fused-ring (bicyclic) bond motifs is 1. The van der Waals surface area contributed by atoms with Crippen molar-refractivity contribution in [2.75, 3.05) is 32.2 Å². The van der Waals surface area contributed by atoms with Crippen molar-refractivity contribution in [1.82, 2.24) is 25.3 Å². The van der Waals surface area contributed by atoms with Gasteiger partial charge in [-0.15, -0.1) is 0 Å². The van der Waals surface area contributed by atoms with Gasteiger partial charge in [-0.05, 0) is 30.0 Å². The average molecular weight is 468 g/mol. The van der Waals surface area contributed by atoms with E-state index in [1.807, 2.05) is 6.07 Å². The third kappa shape index (κ3) is 5.73. The molecule has 11 nitrogen and oxygen atoms in total. The van der Waals surface area contributed by atoms with Gasteiger partial charge in [0, 0.05) is 26.1 Å². The number of amides is 2. The maximum atomic E-state index is 12.2. The first-order chi connectivity index (χ1) is 16.0. The van der Waals surface area contributed by atoms with E-state index in [9.17, 15) is 14.4 Å². The van der Waals surface area contributed by atoms with Crippen LogP contribution in [0.4, 0.5) is 10.7 Å². The molecule has 1 saturated heterocycles. The number of anilines is 1. The molecule has 0 spiro atoms. The Morgan fingerprint density at radius 2 is 1.97 bits per heavy atom. The van der Waals surface area contributed by atoms with E-state index in [-0.39, 0.29) is 28.9 Å². The number of aromatic amines is 1. The largest absolute Gasteiger partial charge is 0.475 e. The number of carbonyl (C=O) groups excluding carboxylic acids is 2. The number of nitrogens with one attached hydrogen (secondary N) is 3. The second kappa shape index (κ2) is 10.2. The van der Waals surface area contributed by atoms with E-state index in [2.05, 4.69) is 30.6 Å². The van der Waals surface area contributed by atoms with Gasteiger partial charge in [-0.2, -0.15) is 4.98 Å². The molecule has 3 N–H and O–H groups in total. The minimum atomic E-state index is -0.480. The van der Waals surface area contributed by atoms with Crippen LogP contribution in [-0.2, 0) is 16.0 Å². The predicted octanol–water partition coefficient (Wildman–Crippen LogP) is 1.72. The SMILES string of the molecule is COCCOc1cc(/C=C2\SC(=O)NC2=O)nc(NCCc2nc3ccccc3c(=O)[nH]2)n1. The number of ether oxygens (including phenoxy) is 2. The number of thioether (sulfide) groups is 1. The molecular formula is C21H20N6O5S. The van der Waals surface area contributed by atoms with E-state index in [1.165, 1.54) is 6.08 Å². The van der Waals surface area contributed by atoms with Crippen LogP contribution in [0.3, 0.4) is 0 Å². The number of imide groups is 1. The molecule has 3 aromatic rings. The van der Waals surface area contributed by atoms with Crippen molar-refractivity contribution in [3.63, 3.8) is 0 Å². The van der Waals surface area contributed by atoms with Crippen molar-refractivity contribution in [2.24, 2.45) is 0 Å². The van der Waals surface area contributed by atoms with Crippen molar-refractivity contribution in [3.05, 3.63) is 57.1 Å². The molecule has 1 aliphatic rings. The number of hydrogen-bond donors (Lipinski definition) is 3. The topological polar surface area (TPSA) is 148 Å². The molecule has 2 amide bonds. The summed E-state index contributed by atoms with van der Waals surface area (Å²) in [5.41, 5.74) is 0.817. The standard InChI is InChI=1S/C21H20N6O5S/c1-31-8-9-32-17-11-12(10-15-19(29)27-21(30)33-15)23-20(26-17)22-7-6-16-24-14-5-3-2-4-13(14)18(28)25-16/h2-5,10-11H,6-9H2,1H3,(H,22,23,26)(H,24,25,28)(H,27,29,30)/b15-10-. The lowest BCUT2D eigenvalue weighted by Crippen LogP contribution is -2.18. The molecule has 1 fully saturated rings. The molecule has 33 heavy (non-hydrogen) atoms. The summed E-state index contributed by atoms with van der Waals surface area (Å²) in [6.45, 7) is 1.03. The Balaban J connectivity index is 1.50. The molecule has 3 heterocycles. The molecule has 1 aliphatic heterocycles. The molecule has 0 aliphatic carbocycles. The fourth-order valence-corrected chi connectivity index (χ4v) is 3.67. The van der Waals surface area contributed by atoms with Gasteiger partial charge < -0.3 is 19.8 Å². The van der Waals surface area contributed by atoms with Crippen molar-refractivity contribution in [2.45, 2.75) is 6.42 Å². The highest BCUT2D eigenvalue weighted by Gasteiger charge is 2.25. The average Bonchev–Trinajstić information content (AvgIpc) is 3.10. The number of aromatic nitrogens is 4. The summed E-state index contributed by atoms with van der Waals surface area (Å²) >= 11 is 0.797. The van der Waals surface area contributed by atoms with Crippen molar-refractivity contribution in [1.29, 1.82) is 0 Å². The summed E-state index contributed by atoms with van der Waals surface area (Å²) in [6, 6.07) is 8.68. The maximum absolute atomic E-state index is 12.2. The summed E-state index contributed by atoms with van der Waals surface area (Å²) < 4.78 is 10.6. The van der Waals surface area contributed by atoms with Gasteiger partial charge in [0.2, 0.25) is 11.8 Å². The van der Waals surface area contributed by atoms with Crippen LogP contribution in [-0.4, -0.2) is 58.0 Å². The Morgan fingerprint density at radius 1 is 1.12 bits per heavy atom. The molecule has 0 bridgehead atoms. The molecule has 0 unspecified atom stereocenters. The van der Waals surface area contributed by atoms with Crippen LogP contribution in [0.2, 0.25) is 0 Å². The van der Waals surface area contributed by atoms with E-state index in [4.69, 9.17) is 9.47 Å². The third-order valence-electron chi connectivity index (χ3n) is 4.49. The van der Waals surface area contributed by atoms with Crippen molar-refractivity contribution < 1.29 is 19.1 Å². The first kappa shape index (κ1) is 22.4. The van der Waals surface area contributed by atoms with Crippen molar-refractivity contribution >= 4 is 45.8 Å². The zero-order valence-corrected chi connectivity index (χ0v) is 18.4. The third-order valence-corrected chi connectivity index (χ3v) is 5.30. The number of nitrogens with zero attached hydrogens (tertiary/aromatic N) is 3. The summed E-state index contributed by atoms with van der Waals surface area (Å²) in [7, 11) is 1.56. The summed E-state index contributed by atoms with van der Waals surface area (Å²) in [5, 5.41) is 5.37. The molecule has 0 saturated carbocycles. The molecule has 0 radical (unpaired) electrons. The Hall–Kier alpha value is -3.77. The van der Waals surface area contributed by atoms with E-state index < -0.39 is 11.1 Å². The molecule has 170 valence electrons. The number of H-pyrrole nitrogens is 1. The molecule has 1 aromatic carbocycles. The molecule has 0 atom stereocenters. The van der Waals surface area contributed by atoms with Crippen LogP contribution < -0.4 is 20.9 Å². The van der Waals surface area contributed by atoms with Crippen LogP contribution in [0.5, 0.6) is 5.88 Å². The predicted molar refractivity (Wildman–Crippen MR) is 123 cm³/mol. The van der Waals surface area contributed by atoms with Gasteiger partial charge in [0.25, 0.3) is 16.7 Å². The fourth-order valence-electron chi connectivity index (χ4n) is 3.00. The fraction of sp³-hybridized carbons (Fsp3) is 0.238. The first-order valence-corrected chi connectivity index (χ1v) is 10.8. The van der Waals surface area contributed by atoms with Crippen molar-refractivity contribution in [3.8, 4) is 5.88 Å². The van der Waals surface area contributed by atoms with Crippen LogP contribution in [0, 0.1) is 0 Å². The van der Waals surface area contributed by atoms with Gasteiger partial charge >= 0.3 is 0 Å². The minimum absolute atomic E-state index is 0.198. The van der Waals surface area contributed by atoms with Crippen LogP contribution in [0.15, 0.2) is 40.0 Å². The van der Waals surface area contributed by atoms with Gasteiger partial charge in [-0.1, -0.05) is 12.1 Å². The molecule has 12 heteroatoms. The van der Waals surface area contributed by atoms with Gasteiger partial charge in [-0.25, -0.2) is 9.97 Å². The van der Waals surface area contributed by atoms with Gasteiger partial charge in [0.1, 0.15) is 12.4 Å². The first-order valence-electron chi connectivity index (χ1n) is 9.99. The number of hydrogen-bond acceptors (Lipinski definition) is 10. The lowest BCUT2D eigenvalue weighted by Gasteiger charge is -2.10.